The topological polar surface area (TPSA) is 57.6 Å². The second kappa shape index (κ2) is 10.2. The van der Waals surface area contributed by atoms with Crippen molar-refractivity contribution in [2.24, 2.45) is 5.92 Å². The van der Waals surface area contributed by atoms with Gasteiger partial charge in [-0.15, -0.1) is 0 Å². The van der Waals surface area contributed by atoms with Gasteiger partial charge < -0.3 is 5.11 Å². The zero-order chi connectivity index (χ0) is 22.5. The fourth-order valence-electron chi connectivity index (χ4n) is 5.15. The molecule has 4 nitrogen and oxygen atoms in total. The fraction of sp³-hybridized carbons (Fsp3) is 0.429. The number of likely N-dealkylation sites (tertiary alicyclic amines) is 1. The molecule has 0 aromatic heterocycles. The van der Waals surface area contributed by atoms with Crippen LogP contribution in [0.3, 0.4) is 0 Å². The molecular weight excluding hydrogens is 398 g/mol. The number of amides is 2. The van der Waals surface area contributed by atoms with Gasteiger partial charge in [0, 0.05) is 19.4 Å². The molecule has 2 aromatic carbocycles. The van der Waals surface area contributed by atoms with E-state index in [4.69, 9.17) is 0 Å². The number of aryl methyl sites for hydroxylation is 1. The first-order valence-electron chi connectivity index (χ1n) is 12.0. The quantitative estimate of drug-likeness (QED) is 0.411. The highest BCUT2D eigenvalue weighted by atomic mass is 16.3. The van der Waals surface area contributed by atoms with Gasteiger partial charge in [0.2, 0.25) is 11.8 Å². The number of phenolic OH excluding ortho intramolecular Hbond substituents is 1. The number of aromatic hydroxyl groups is 1. The molecule has 0 radical (unpaired) electrons. The van der Waals surface area contributed by atoms with Gasteiger partial charge in [0.25, 0.3) is 0 Å². The van der Waals surface area contributed by atoms with Crippen LogP contribution < -0.4 is 0 Å². The van der Waals surface area contributed by atoms with Gasteiger partial charge in [-0.1, -0.05) is 60.4 Å². The smallest absolute Gasteiger partial charge is 0.229 e. The average molecular weight is 432 g/mol. The highest BCUT2D eigenvalue weighted by Crippen LogP contribution is 2.41. The Morgan fingerprint density at radius 1 is 0.875 bits per heavy atom. The van der Waals surface area contributed by atoms with E-state index >= 15 is 0 Å². The fourth-order valence-corrected chi connectivity index (χ4v) is 5.15. The molecule has 1 saturated heterocycles. The molecule has 168 valence electrons. The second-order valence-electron chi connectivity index (χ2n) is 9.19. The predicted molar refractivity (Wildman–Crippen MR) is 127 cm³/mol. The van der Waals surface area contributed by atoms with Crippen LogP contribution >= 0.6 is 0 Å². The number of carbonyl (C=O) groups is 2. The van der Waals surface area contributed by atoms with E-state index in [0.29, 0.717) is 25.3 Å². The van der Waals surface area contributed by atoms with Crippen molar-refractivity contribution in [1.82, 2.24) is 4.90 Å². The zero-order valence-corrected chi connectivity index (χ0v) is 19.0. The molecule has 1 aliphatic heterocycles. The maximum Gasteiger partial charge on any atom is 0.229 e. The molecule has 0 atom stereocenters. The van der Waals surface area contributed by atoms with E-state index in [2.05, 4.69) is 31.2 Å². The summed E-state index contributed by atoms with van der Waals surface area (Å²) in [5.41, 5.74) is 6.36. The molecule has 1 saturated carbocycles. The number of phenols is 1. The Kier molecular flexibility index (Phi) is 7.09. The van der Waals surface area contributed by atoms with Crippen LogP contribution in [0, 0.1) is 12.8 Å². The van der Waals surface area contributed by atoms with Crippen LogP contribution in [0.15, 0.2) is 54.1 Å². The third-order valence-electron chi connectivity index (χ3n) is 6.90. The van der Waals surface area contributed by atoms with Crippen molar-refractivity contribution in [2.45, 2.75) is 64.7 Å². The van der Waals surface area contributed by atoms with Gasteiger partial charge in [0.05, 0.1) is 0 Å². The number of hydrogen-bond donors (Lipinski definition) is 1. The van der Waals surface area contributed by atoms with Crippen LogP contribution in [0.5, 0.6) is 5.75 Å². The summed E-state index contributed by atoms with van der Waals surface area (Å²) in [4.78, 5) is 25.3. The van der Waals surface area contributed by atoms with E-state index in [1.165, 1.54) is 52.9 Å². The van der Waals surface area contributed by atoms with Gasteiger partial charge >= 0.3 is 0 Å². The molecule has 0 unspecified atom stereocenters. The van der Waals surface area contributed by atoms with Gasteiger partial charge in [-0.2, -0.15) is 0 Å². The minimum atomic E-state index is -0.0222. The maximum atomic E-state index is 11.9. The Labute approximate surface area is 191 Å². The standard InChI is InChI=1S/C28H33NO3/c1-20-9-11-22(12-10-20)28(23-13-15-24(30)16-14-23)25(21-6-2-3-7-21)8-4-5-19-29-26(31)17-18-27(29)32/h9-16,21,30H,2-8,17-19H2,1H3/b28-25+. The lowest BCUT2D eigenvalue weighted by atomic mass is 9.83. The summed E-state index contributed by atoms with van der Waals surface area (Å²) in [6, 6.07) is 16.3. The Bertz CT molecular complexity index is 919. The van der Waals surface area contributed by atoms with Crippen molar-refractivity contribution >= 4 is 17.4 Å². The molecule has 2 amide bonds. The Morgan fingerprint density at radius 3 is 2.03 bits per heavy atom. The summed E-state index contributed by atoms with van der Waals surface area (Å²) >= 11 is 0. The molecule has 0 bridgehead atoms. The van der Waals surface area contributed by atoms with Crippen molar-refractivity contribution in [3.8, 4) is 5.75 Å². The molecule has 1 N–H and O–H groups in total. The van der Waals surface area contributed by atoms with E-state index in [0.717, 1.165) is 24.8 Å². The number of imide groups is 1. The monoisotopic (exact) mass is 431 g/mol. The van der Waals surface area contributed by atoms with Gasteiger partial charge in [0.1, 0.15) is 5.75 Å². The SMILES string of the molecule is Cc1ccc(/C(=C(/CCCCN2C(=O)CCC2=O)C2CCCC2)c2ccc(O)cc2)cc1. The number of rotatable bonds is 8. The normalized spacial score (nSPS) is 17.8. The van der Waals surface area contributed by atoms with Crippen molar-refractivity contribution in [3.05, 3.63) is 70.8 Å². The zero-order valence-electron chi connectivity index (χ0n) is 19.0. The first-order chi connectivity index (χ1) is 15.5. The van der Waals surface area contributed by atoms with Gasteiger partial charge in [-0.25, -0.2) is 0 Å². The van der Waals surface area contributed by atoms with Gasteiger partial charge in [0.15, 0.2) is 0 Å². The summed E-state index contributed by atoms with van der Waals surface area (Å²) in [6.07, 6.45) is 8.45. The molecule has 2 fully saturated rings. The second-order valence-corrected chi connectivity index (χ2v) is 9.19. The predicted octanol–water partition coefficient (Wildman–Crippen LogP) is 6.01. The van der Waals surface area contributed by atoms with Crippen LogP contribution in [-0.4, -0.2) is 28.4 Å². The van der Waals surface area contributed by atoms with Crippen molar-refractivity contribution in [2.75, 3.05) is 6.54 Å². The summed E-state index contributed by atoms with van der Waals surface area (Å²) in [5.74, 6) is 0.798. The molecule has 4 heteroatoms. The lowest BCUT2D eigenvalue weighted by Gasteiger charge is -2.23. The van der Waals surface area contributed by atoms with Crippen LogP contribution in [-0.2, 0) is 9.59 Å². The lowest BCUT2D eigenvalue weighted by Crippen LogP contribution is -2.29. The molecule has 0 spiro atoms. The molecule has 2 aliphatic rings. The summed E-state index contributed by atoms with van der Waals surface area (Å²) in [6.45, 7) is 2.64. The highest BCUT2D eigenvalue weighted by molar-refractivity contribution is 6.01. The van der Waals surface area contributed by atoms with Gasteiger partial charge in [-0.3, -0.25) is 14.5 Å². The molecule has 4 rings (SSSR count). The third kappa shape index (κ3) is 5.12. The van der Waals surface area contributed by atoms with Crippen LogP contribution in [0.1, 0.15) is 74.5 Å². The Hall–Kier alpha value is -2.88. The average Bonchev–Trinajstić information content (AvgIpc) is 3.43. The number of allylic oxidation sites excluding steroid dienone is 1. The molecule has 32 heavy (non-hydrogen) atoms. The summed E-state index contributed by atoms with van der Waals surface area (Å²) in [5, 5.41) is 9.84. The minimum absolute atomic E-state index is 0.0222. The largest absolute Gasteiger partial charge is 0.508 e. The van der Waals surface area contributed by atoms with Crippen LogP contribution in [0.2, 0.25) is 0 Å². The molecular formula is C28H33NO3. The maximum absolute atomic E-state index is 11.9. The van der Waals surface area contributed by atoms with Crippen molar-refractivity contribution < 1.29 is 14.7 Å². The Morgan fingerprint density at radius 2 is 1.44 bits per heavy atom. The number of carbonyl (C=O) groups excluding carboxylic acids is 2. The van der Waals surface area contributed by atoms with Crippen molar-refractivity contribution in [3.63, 3.8) is 0 Å². The number of hydrogen-bond acceptors (Lipinski definition) is 3. The minimum Gasteiger partial charge on any atom is -0.508 e. The lowest BCUT2D eigenvalue weighted by molar-refractivity contribution is -0.138. The highest BCUT2D eigenvalue weighted by Gasteiger charge is 2.28. The number of unbranched alkanes of at least 4 members (excludes halogenated alkanes) is 1. The van der Waals surface area contributed by atoms with E-state index in [1.807, 2.05) is 12.1 Å². The Balaban J connectivity index is 1.63. The summed E-state index contributed by atoms with van der Waals surface area (Å²) < 4.78 is 0. The number of benzene rings is 2. The van der Waals surface area contributed by atoms with Crippen LogP contribution in [0.4, 0.5) is 0 Å². The van der Waals surface area contributed by atoms with Gasteiger partial charge in [-0.05, 0) is 73.8 Å². The van der Waals surface area contributed by atoms with E-state index in [1.54, 1.807) is 12.1 Å². The van der Waals surface area contributed by atoms with E-state index in [9.17, 15) is 14.7 Å². The first-order valence-corrected chi connectivity index (χ1v) is 12.0. The van der Waals surface area contributed by atoms with E-state index < -0.39 is 0 Å². The molecule has 2 aromatic rings. The summed E-state index contributed by atoms with van der Waals surface area (Å²) in [7, 11) is 0. The third-order valence-corrected chi connectivity index (χ3v) is 6.90. The van der Waals surface area contributed by atoms with E-state index in [-0.39, 0.29) is 17.6 Å². The molecule has 1 aliphatic carbocycles. The number of nitrogens with zero attached hydrogens (tertiary/aromatic N) is 1. The molecule has 1 heterocycles. The van der Waals surface area contributed by atoms with Crippen molar-refractivity contribution in [1.29, 1.82) is 0 Å². The first kappa shape index (κ1) is 22.3. The van der Waals surface area contributed by atoms with Crippen LogP contribution in [0.25, 0.3) is 5.57 Å².